The van der Waals surface area contributed by atoms with E-state index in [1.807, 2.05) is 6.07 Å². The summed E-state index contributed by atoms with van der Waals surface area (Å²) < 4.78 is 26.1. The summed E-state index contributed by atoms with van der Waals surface area (Å²) >= 11 is 0. The minimum Gasteiger partial charge on any atom is -0.326 e. The van der Waals surface area contributed by atoms with E-state index >= 15 is 0 Å². The van der Waals surface area contributed by atoms with Crippen LogP contribution in [0, 0.1) is 5.92 Å². The molecule has 0 aliphatic heterocycles. The quantitative estimate of drug-likeness (QED) is 0.905. The fourth-order valence-electron chi connectivity index (χ4n) is 2.70. The molecule has 0 spiro atoms. The van der Waals surface area contributed by atoms with Crippen molar-refractivity contribution in [1.29, 1.82) is 0 Å². The van der Waals surface area contributed by atoms with Gasteiger partial charge in [-0.05, 0) is 30.5 Å². The number of nitrogens with zero attached hydrogens (tertiary/aromatic N) is 1. The fraction of sp³-hybridized carbons (Fsp3) is 0.429. The van der Waals surface area contributed by atoms with Gasteiger partial charge in [-0.25, -0.2) is 8.78 Å². The summed E-state index contributed by atoms with van der Waals surface area (Å²) in [6, 6.07) is 5.40. The highest BCUT2D eigenvalue weighted by Crippen LogP contribution is 2.40. The summed E-state index contributed by atoms with van der Waals surface area (Å²) in [5.41, 5.74) is 1.48. The molecular formula is C14H15F2N3O. The summed E-state index contributed by atoms with van der Waals surface area (Å²) in [6.07, 6.45) is 1.98. The molecule has 106 valence electrons. The van der Waals surface area contributed by atoms with Crippen LogP contribution in [0.4, 0.5) is 14.5 Å². The second-order valence-electron chi connectivity index (χ2n) is 5.39. The minimum absolute atomic E-state index is 0.106. The lowest BCUT2D eigenvalue weighted by atomic mass is 10.0. The third kappa shape index (κ3) is 2.79. The molecule has 20 heavy (non-hydrogen) atoms. The molecule has 1 heterocycles. The zero-order valence-corrected chi connectivity index (χ0v) is 10.8. The van der Waals surface area contributed by atoms with Crippen molar-refractivity contribution < 1.29 is 13.6 Å². The first-order valence-corrected chi connectivity index (χ1v) is 6.63. The lowest BCUT2D eigenvalue weighted by Gasteiger charge is -2.11. The zero-order valence-electron chi connectivity index (χ0n) is 10.8. The number of halogens is 2. The van der Waals surface area contributed by atoms with Gasteiger partial charge in [0.25, 0.3) is 0 Å². The van der Waals surface area contributed by atoms with Gasteiger partial charge in [-0.15, -0.1) is 0 Å². The number of aromatic amines is 1. The van der Waals surface area contributed by atoms with Gasteiger partial charge < -0.3 is 5.32 Å². The molecule has 1 saturated carbocycles. The van der Waals surface area contributed by atoms with Crippen molar-refractivity contribution in [3.63, 3.8) is 0 Å². The van der Waals surface area contributed by atoms with E-state index in [1.165, 1.54) is 0 Å². The van der Waals surface area contributed by atoms with Gasteiger partial charge >= 0.3 is 0 Å². The fourth-order valence-corrected chi connectivity index (χ4v) is 2.70. The Morgan fingerprint density at radius 1 is 1.50 bits per heavy atom. The number of carbonyl (C=O) groups is 1. The Morgan fingerprint density at radius 2 is 2.35 bits per heavy atom. The molecule has 1 aliphatic rings. The van der Waals surface area contributed by atoms with Crippen molar-refractivity contribution >= 4 is 22.5 Å². The number of H-pyrrole nitrogens is 1. The molecule has 2 aromatic rings. The van der Waals surface area contributed by atoms with Gasteiger partial charge in [0.05, 0.1) is 11.7 Å². The summed E-state index contributed by atoms with van der Waals surface area (Å²) in [5, 5.41) is 10.4. The van der Waals surface area contributed by atoms with Gasteiger partial charge in [-0.2, -0.15) is 5.10 Å². The summed E-state index contributed by atoms with van der Waals surface area (Å²) in [5.74, 6) is -3.03. The van der Waals surface area contributed by atoms with Crippen LogP contribution in [0.1, 0.15) is 25.7 Å². The molecule has 1 amide bonds. The zero-order chi connectivity index (χ0) is 14.2. The SMILES string of the molecule is O=C(CC1CCC(F)(F)C1)Nc1ccc2cn[nH]c2c1. The monoisotopic (exact) mass is 279 g/mol. The molecule has 1 aromatic carbocycles. The Balaban J connectivity index is 1.61. The first kappa shape index (κ1) is 13.0. The third-order valence-electron chi connectivity index (χ3n) is 3.71. The smallest absolute Gasteiger partial charge is 0.248 e. The Bertz CT molecular complexity index is 638. The molecule has 1 atom stereocenters. The van der Waals surface area contributed by atoms with Crippen molar-refractivity contribution in [3.05, 3.63) is 24.4 Å². The van der Waals surface area contributed by atoms with E-state index in [2.05, 4.69) is 15.5 Å². The molecule has 4 nitrogen and oxygen atoms in total. The van der Waals surface area contributed by atoms with Gasteiger partial charge in [-0.1, -0.05) is 0 Å². The minimum atomic E-state index is -2.60. The molecule has 6 heteroatoms. The normalized spacial score (nSPS) is 21.2. The standard InChI is InChI=1S/C14H15F2N3O/c15-14(16)4-3-9(7-14)5-13(20)18-11-2-1-10-8-17-19-12(10)6-11/h1-2,6,8-9H,3-5,7H2,(H,17,19)(H,18,20). The van der Waals surface area contributed by atoms with E-state index < -0.39 is 5.92 Å². The van der Waals surface area contributed by atoms with E-state index in [0.29, 0.717) is 12.1 Å². The van der Waals surface area contributed by atoms with Crippen LogP contribution in [-0.2, 0) is 4.79 Å². The second kappa shape index (κ2) is 4.85. The average Bonchev–Trinajstić information content (AvgIpc) is 2.95. The number of alkyl halides is 2. The highest BCUT2D eigenvalue weighted by atomic mass is 19.3. The van der Waals surface area contributed by atoms with Crippen LogP contribution in [0.25, 0.3) is 10.9 Å². The Morgan fingerprint density at radius 3 is 3.10 bits per heavy atom. The van der Waals surface area contributed by atoms with E-state index in [4.69, 9.17) is 0 Å². The van der Waals surface area contributed by atoms with Crippen LogP contribution in [0.5, 0.6) is 0 Å². The van der Waals surface area contributed by atoms with Crippen LogP contribution in [0.3, 0.4) is 0 Å². The van der Waals surface area contributed by atoms with Crippen molar-refractivity contribution in [1.82, 2.24) is 10.2 Å². The van der Waals surface area contributed by atoms with Crippen LogP contribution < -0.4 is 5.32 Å². The predicted molar refractivity (Wildman–Crippen MR) is 71.6 cm³/mol. The van der Waals surface area contributed by atoms with E-state index in [0.717, 1.165) is 10.9 Å². The van der Waals surface area contributed by atoms with Crippen molar-refractivity contribution in [3.8, 4) is 0 Å². The summed E-state index contributed by atoms with van der Waals surface area (Å²) in [4.78, 5) is 11.9. The van der Waals surface area contributed by atoms with E-state index in [9.17, 15) is 13.6 Å². The van der Waals surface area contributed by atoms with Crippen molar-refractivity contribution in [2.24, 2.45) is 5.92 Å². The molecule has 0 radical (unpaired) electrons. The molecule has 1 aliphatic carbocycles. The maximum atomic E-state index is 13.1. The number of nitrogens with one attached hydrogen (secondary N) is 2. The Labute approximate surface area is 114 Å². The summed E-state index contributed by atoms with van der Waals surface area (Å²) in [7, 11) is 0. The van der Waals surface area contributed by atoms with Crippen molar-refractivity contribution in [2.45, 2.75) is 31.6 Å². The number of aromatic nitrogens is 2. The van der Waals surface area contributed by atoms with Gasteiger partial charge in [0.15, 0.2) is 0 Å². The number of anilines is 1. The Kier molecular flexibility index (Phi) is 3.16. The molecule has 1 fully saturated rings. The molecule has 3 rings (SSSR count). The molecule has 1 aromatic heterocycles. The third-order valence-corrected chi connectivity index (χ3v) is 3.71. The molecule has 2 N–H and O–H groups in total. The van der Waals surface area contributed by atoms with Gasteiger partial charge in [0.1, 0.15) is 0 Å². The van der Waals surface area contributed by atoms with E-state index in [1.54, 1.807) is 18.3 Å². The first-order chi connectivity index (χ1) is 9.52. The number of amides is 1. The van der Waals surface area contributed by atoms with Gasteiger partial charge in [-0.3, -0.25) is 9.89 Å². The number of benzene rings is 1. The van der Waals surface area contributed by atoms with Crippen LogP contribution in [0.2, 0.25) is 0 Å². The van der Waals surface area contributed by atoms with Gasteiger partial charge in [0.2, 0.25) is 11.8 Å². The largest absolute Gasteiger partial charge is 0.326 e. The number of hydrogen-bond acceptors (Lipinski definition) is 2. The molecular weight excluding hydrogens is 264 g/mol. The maximum Gasteiger partial charge on any atom is 0.248 e. The maximum absolute atomic E-state index is 13.1. The van der Waals surface area contributed by atoms with Crippen LogP contribution >= 0.6 is 0 Å². The Hall–Kier alpha value is -1.98. The lowest BCUT2D eigenvalue weighted by Crippen LogP contribution is -2.16. The predicted octanol–water partition coefficient (Wildman–Crippen LogP) is 3.33. The lowest BCUT2D eigenvalue weighted by molar-refractivity contribution is -0.117. The van der Waals surface area contributed by atoms with Crippen LogP contribution in [0.15, 0.2) is 24.4 Å². The van der Waals surface area contributed by atoms with Gasteiger partial charge in [0, 0.05) is 30.3 Å². The molecule has 1 unspecified atom stereocenters. The number of rotatable bonds is 3. The highest BCUT2D eigenvalue weighted by Gasteiger charge is 2.39. The second-order valence-corrected chi connectivity index (χ2v) is 5.39. The average molecular weight is 279 g/mol. The molecule has 0 bridgehead atoms. The van der Waals surface area contributed by atoms with E-state index in [-0.39, 0.29) is 31.1 Å². The summed E-state index contributed by atoms with van der Waals surface area (Å²) in [6.45, 7) is 0. The molecule has 0 saturated heterocycles. The number of carbonyl (C=O) groups excluding carboxylic acids is 1. The van der Waals surface area contributed by atoms with Crippen molar-refractivity contribution in [2.75, 3.05) is 5.32 Å². The van der Waals surface area contributed by atoms with Crippen LogP contribution in [-0.4, -0.2) is 22.0 Å². The number of hydrogen-bond donors (Lipinski definition) is 2. The highest BCUT2D eigenvalue weighted by molar-refractivity contribution is 5.93. The topological polar surface area (TPSA) is 57.8 Å². The number of fused-ring (bicyclic) bond motifs is 1. The first-order valence-electron chi connectivity index (χ1n) is 6.63.